The van der Waals surface area contributed by atoms with Gasteiger partial charge in [-0.15, -0.1) is 0 Å². The molecule has 0 aromatic heterocycles. The quantitative estimate of drug-likeness (QED) is 0.520. The topological polar surface area (TPSA) is 20.3 Å². The van der Waals surface area contributed by atoms with E-state index in [1.165, 1.54) is 0 Å². The van der Waals surface area contributed by atoms with Gasteiger partial charge >= 0.3 is 6.41 Å². The van der Waals surface area contributed by atoms with E-state index in [1.807, 2.05) is 6.41 Å². The molecule has 0 bridgehead atoms. The molecule has 2 heteroatoms. The van der Waals surface area contributed by atoms with Crippen LogP contribution in [0.4, 0.5) is 0 Å². The SMILES string of the molecule is CCC(CC)N(C)[C]=O. The molecule has 0 spiro atoms. The lowest BCUT2D eigenvalue weighted by Gasteiger charge is -2.19. The van der Waals surface area contributed by atoms with Crippen LogP contribution >= 0.6 is 0 Å². The number of nitrogens with zero attached hydrogens (tertiary/aromatic N) is 1. The minimum atomic E-state index is 0.377. The standard InChI is InChI=1S/C7H14NO/c1-4-7(5-2)8(3)6-9/h7H,4-5H2,1-3H3. The summed E-state index contributed by atoms with van der Waals surface area (Å²) in [5.74, 6) is 0. The maximum Gasteiger partial charge on any atom is 0.312 e. The van der Waals surface area contributed by atoms with Crippen molar-refractivity contribution in [1.82, 2.24) is 4.90 Å². The van der Waals surface area contributed by atoms with Crippen LogP contribution in [0.3, 0.4) is 0 Å². The summed E-state index contributed by atoms with van der Waals surface area (Å²) in [5, 5.41) is 0. The van der Waals surface area contributed by atoms with Crippen molar-refractivity contribution < 1.29 is 4.79 Å². The maximum absolute atomic E-state index is 10.1. The molecule has 0 aliphatic heterocycles. The summed E-state index contributed by atoms with van der Waals surface area (Å²) in [6.07, 6.45) is 3.88. The first-order valence-corrected chi connectivity index (χ1v) is 3.36. The molecule has 2 nitrogen and oxygen atoms in total. The molecule has 9 heavy (non-hydrogen) atoms. The molecule has 1 amide bonds. The fraction of sp³-hybridized carbons (Fsp3) is 0.857. The fourth-order valence-electron chi connectivity index (χ4n) is 0.911. The van der Waals surface area contributed by atoms with Crippen LogP contribution in [0.5, 0.6) is 0 Å². The average Bonchev–Trinajstić information content (AvgIpc) is 1.90. The van der Waals surface area contributed by atoms with E-state index in [1.54, 1.807) is 11.9 Å². The minimum absolute atomic E-state index is 0.377. The van der Waals surface area contributed by atoms with E-state index >= 15 is 0 Å². The first-order chi connectivity index (χ1) is 4.26. The van der Waals surface area contributed by atoms with Crippen molar-refractivity contribution in [2.75, 3.05) is 7.05 Å². The van der Waals surface area contributed by atoms with Crippen molar-refractivity contribution >= 4 is 6.41 Å². The fourth-order valence-corrected chi connectivity index (χ4v) is 0.911. The van der Waals surface area contributed by atoms with Crippen molar-refractivity contribution in [1.29, 1.82) is 0 Å². The van der Waals surface area contributed by atoms with Gasteiger partial charge < -0.3 is 4.90 Å². The van der Waals surface area contributed by atoms with Crippen LogP contribution in [0.25, 0.3) is 0 Å². The van der Waals surface area contributed by atoms with Gasteiger partial charge in [-0.05, 0) is 12.8 Å². The summed E-state index contributed by atoms with van der Waals surface area (Å²) in [7, 11) is 1.77. The molecule has 0 N–H and O–H groups in total. The first kappa shape index (κ1) is 8.47. The Bertz CT molecular complexity index is 79.0. The Kier molecular flexibility index (Phi) is 4.10. The van der Waals surface area contributed by atoms with Crippen LogP contribution < -0.4 is 0 Å². The van der Waals surface area contributed by atoms with Gasteiger partial charge in [0.05, 0.1) is 0 Å². The highest BCUT2D eigenvalue weighted by Gasteiger charge is 2.06. The predicted molar refractivity (Wildman–Crippen MR) is 37.8 cm³/mol. The van der Waals surface area contributed by atoms with Gasteiger partial charge in [0.15, 0.2) is 0 Å². The highest BCUT2D eigenvalue weighted by Crippen LogP contribution is 2.02. The number of carbonyl (C=O) groups excluding carboxylic acids is 1. The normalized spacial score (nSPS) is 9.78. The van der Waals surface area contributed by atoms with Gasteiger partial charge in [-0.25, -0.2) is 0 Å². The molecule has 0 aliphatic rings. The molecular weight excluding hydrogens is 114 g/mol. The van der Waals surface area contributed by atoms with E-state index in [0.717, 1.165) is 12.8 Å². The molecule has 0 atom stereocenters. The van der Waals surface area contributed by atoms with E-state index < -0.39 is 0 Å². The molecule has 0 saturated heterocycles. The third kappa shape index (κ3) is 2.49. The summed E-state index contributed by atoms with van der Waals surface area (Å²) in [4.78, 5) is 11.7. The van der Waals surface area contributed by atoms with Crippen LogP contribution in [-0.4, -0.2) is 24.4 Å². The monoisotopic (exact) mass is 128 g/mol. The lowest BCUT2D eigenvalue weighted by atomic mass is 10.1. The Morgan fingerprint density at radius 2 is 1.89 bits per heavy atom. The summed E-state index contributed by atoms with van der Waals surface area (Å²) >= 11 is 0. The molecule has 0 unspecified atom stereocenters. The molecule has 0 aromatic rings. The number of hydrogen-bond donors (Lipinski definition) is 0. The van der Waals surface area contributed by atoms with Gasteiger partial charge in [0.1, 0.15) is 0 Å². The smallest absolute Gasteiger partial charge is 0.312 e. The van der Waals surface area contributed by atoms with Crippen LogP contribution in [0.15, 0.2) is 0 Å². The zero-order valence-corrected chi connectivity index (χ0v) is 6.35. The highest BCUT2D eigenvalue weighted by atomic mass is 16.1. The second-order valence-electron chi connectivity index (χ2n) is 2.17. The van der Waals surface area contributed by atoms with Gasteiger partial charge in [0.25, 0.3) is 0 Å². The Morgan fingerprint density at radius 3 is 2.00 bits per heavy atom. The summed E-state index contributed by atoms with van der Waals surface area (Å²) in [6, 6.07) is 0.377. The van der Waals surface area contributed by atoms with Crippen molar-refractivity contribution in [3.8, 4) is 0 Å². The lowest BCUT2D eigenvalue weighted by molar-refractivity contribution is 0.324. The van der Waals surface area contributed by atoms with E-state index in [4.69, 9.17) is 0 Å². The molecular formula is C7H14NO. The molecule has 1 radical (unpaired) electrons. The van der Waals surface area contributed by atoms with Crippen molar-refractivity contribution in [3.05, 3.63) is 0 Å². The molecule has 0 rings (SSSR count). The second kappa shape index (κ2) is 4.36. The number of hydrogen-bond acceptors (Lipinski definition) is 1. The zero-order valence-electron chi connectivity index (χ0n) is 6.35. The predicted octanol–water partition coefficient (Wildman–Crippen LogP) is 1.17. The molecule has 0 heterocycles. The Morgan fingerprint density at radius 1 is 1.44 bits per heavy atom. The third-order valence-corrected chi connectivity index (χ3v) is 1.63. The van der Waals surface area contributed by atoms with E-state index in [9.17, 15) is 4.79 Å². The molecule has 0 saturated carbocycles. The van der Waals surface area contributed by atoms with Crippen LogP contribution in [0.2, 0.25) is 0 Å². The van der Waals surface area contributed by atoms with E-state index in [0.29, 0.717) is 6.04 Å². The van der Waals surface area contributed by atoms with Gasteiger partial charge in [0, 0.05) is 13.1 Å². The number of amides is 1. The Hall–Kier alpha value is -0.530. The van der Waals surface area contributed by atoms with Crippen LogP contribution in [-0.2, 0) is 4.79 Å². The Labute approximate surface area is 56.9 Å². The van der Waals surface area contributed by atoms with Crippen molar-refractivity contribution in [2.24, 2.45) is 0 Å². The van der Waals surface area contributed by atoms with Gasteiger partial charge in [-0.2, -0.15) is 0 Å². The molecule has 53 valence electrons. The summed E-state index contributed by atoms with van der Waals surface area (Å²) in [5.41, 5.74) is 0. The Balaban J connectivity index is 3.63. The lowest BCUT2D eigenvalue weighted by Crippen LogP contribution is -2.28. The van der Waals surface area contributed by atoms with E-state index in [2.05, 4.69) is 13.8 Å². The van der Waals surface area contributed by atoms with Crippen molar-refractivity contribution in [2.45, 2.75) is 32.7 Å². The second-order valence-corrected chi connectivity index (χ2v) is 2.17. The van der Waals surface area contributed by atoms with Crippen LogP contribution in [0, 0.1) is 0 Å². The maximum atomic E-state index is 10.1. The third-order valence-electron chi connectivity index (χ3n) is 1.63. The number of rotatable bonds is 4. The van der Waals surface area contributed by atoms with Crippen molar-refractivity contribution in [3.63, 3.8) is 0 Å². The van der Waals surface area contributed by atoms with Gasteiger partial charge in [-0.3, -0.25) is 4.79 Å². The van der Waals surface area contributed by atoms with Gasteiger partial charge in [0.2, 0.25) is 0 Å². The zero-order chi connectivity index (χ0) is 7.28. The summed E-state index contributed by atoms with van der Waals surface area (Å²) in [6.45, 7) is 4.14. The molecule has 0 aromatic carbocycles. The van der Waals surface area contributed by atoms with E-state index in [-0.39, 0.29) is 0 Å². The molecule has 0 aliphatic carbocycles. The highest BCUT2D eigenvalue weighted by molar-refractivity contribution is 5.47. The largest absolute Gasteiger partial charge is 0.335 e. The van der Waals surface area contributed by atoms with Crippen LogP contribution in [0.1, 0.15) is 26.7 Å². The average molecular weight is 128 g/mol. The molecule has 0 fully saturated rings. The van der Waals surface area contributed by atoms with Gasteiger partial charge in [-0.1, -0.05) is 13.8 Å². The first-order valence-electron chi connectivity index (χ1n) is 3.36. The minimum Gasteiger partial charge on any atom is -0.335 e. The summed E-state index contributed by atoms with van der Waals surface area (Å²) < 4.78 is 0.